The molecule has 0 unspecified atom stereocenters. The van der Waals surface area contributed by atoms with Gasteiger partial charge in [0.2, 0.25) is 0 Å². The molecule has 10 heteroatoms. The quantitative estimate of drug-likeness (QED) is 0.254. The first-order valence-electron chi connectivity index (χ1n) is 13.3. The summed E-state index contributed by atoms with van der Waals surface area (Å²) in [6.45, 7) is 11.3. The van der Waals surface area contributed by atoms with Crippen LogP contribution >= 0.6 is 22.7 Å². The summed E-state index contributed by atoms with van der Waals surface area (Å²) in [6.07, 6.45) is 0. The van der Waals surface area contributed by atoms with Crippen molar-refractivity contribution < 1.29 is 19.2 Å². The summed E-state index contributed by atoms with van der Waals surface area (Å²) >= 11 is 2.80. The molecule has 4 amide bonds. The Morgan fingerprint density at radius 3 is 1.52 bits per heavy atom. The number of carbonyl (C=O) groups excluding carboxylic acids is 4. The second kappa shape index (κ2) is 14.1. The molecule has 0 saturated heterocycles. The van der Waals surface area contributed by atoms with E-state index < -0.39 is 11.1 Å². The smallest absolute Gasteiger partial charge is 0.267 e. The fraction of sp³-hybridized carbons (Fsp3) is 0.250. The van der Waals surface area contributed by atoms with E-state index in [1.807, 2.05) is 70.5 Å². The van der Waals surface area contributed by atoms with Crippen molar-refractivity contribution in [1.82, 2.24) is 20.9 Å². The topological polar surface area (TPSA) is 98.8 Å². The second-order valence-corrected chi connectivity index (χ2v) is 13.0. The van der Waals surface area contributed by atoms with E-state index in [1.54, 1.807) is 66.0 Å². The molecule has 2 N–H and O–H groups in total. The lowest BCUT2D eigenvalue weighted by atomic mass is 10.1. The van der Waals surface area contributed by atoms with Gasteiger partial charge in [-0.15, -0.1) is 11.3 Å². The van der Waals surface area contributed by atoms with E-state index >= 15 is 0 Å². The van der Waals surface area contributed by atoms with Crippen LogP contribution in [0.5, 0.6) is 0 Å². The number of hydrogen-bond acceptors (Lipinski definition) is 6. The number of thiophene rings is 2. The summed E-state index contributed by atoms with van der Waals surface area (Å²) < 4.78 is 0. The molecule has 0 atom stereocenters. The van der Waals surface area contributed by atoms with Crippen molar-refractivity contribution in [2.75, 3.05) is 0 Å². The molecule has 2 aromatic carbocycles. The molecular weight excluding hydrogens is 569 g/mol. The van der Waals surface area contributed by atoms with Crippen molar-refractivity contribution in [1.29, 1.82) is 0 Å². The van der Waals surface area contributed by atoms with E-state index in [-0.39, 0.29) is 23.6 Å². The Hall–Kier alpha value is -4.28. The SMILES string of the molecule is CC(C)(C)N(NC(=O)c1ccccc1)C(=O)c1cccs1.CC(C)(C)N(NC(=O)c1ccsc1)C(=O)c1ccccc1. The molecule has 0 radical (unpaired) electrons. The molecule has 220 valence electrons. The van der Waals surface area contributed by atoms with E-state index in [4.69, 9.17) is 0 Å². The molecular formula is C32H36N4O4S2. The summed E-state index contributed by atoms with van der Waals surface area (Å²) in [5, 5.41) is 8.18. The van der Waals surface area contributed by atoms with Crippen molar-refractivity contribution in [3.8, 4) is 0 Å². The van der Waals surface area contributed by atoms with Crippen molar-refractivity contribution in [3.05, 3.63) is 117 Å². The standard InChI is InChI=1S/2C16H18N2O2S/c1-16(2,3)18(15(20)13-10-7-11-21-13)17-14(19)12-8-5-4-6-9-12;1-16(2,3)18(15(20)12-7-5-4-6-8-12)17-14(19)13-9-10-21-11-13/h2*4-11H,1-3H3,(H,17,19). The molecule has 42 heavy (non-hydrogen) atoms. The van der Waals surface area contributed by atoms with E-state index in [0.29, 0.717) is 21.6 Å². The predicted octanol–water partition coefficient (Wildman–Crippen LogP) is 6.67. The number of hydrazine groups is 2. The molecule has 2 aromatic heterocycles. The third-order valence-electron chi connectivity index (χ3n) is 5.75. The second-order valence-electron chi connectivity index (χ2n) is 11.2. The zero-order valence-corrected chi connectivity index (χ0v) is 26.2. The third-order valence-corrected chi connectivity index (χ3v) is 7.29. The Labute approximate surface area is 254 Å². The van der Waals surface area contributed by atoms with Crippen LogP contribution in [0.15, 0.2) is 95.0 Å². The van der Waals surface area contributed by atoms with Gasteiger partial charge < -0.3 is 0 Å². The maximum Gasteiger partial charge on any atom is 0.282 e. The first-order valence-corrected chi connectivity index (χ1v) is 15.1. The molecule has 0 aliphatic carbocycles. The van der Waals surface area contributed by atoms with Gasteiger partial charge in [0, 0.05) is 16.5 Å². The molecule has 0 aliphatic rings. The van der Waals surface area contributed by atoms with Crippen LogP contribution in [0.2, 0.25) is 0 Å². The van der Waals surface area contributed by atoms with Crippen LogP contribution in [0, 0.1) is 0 Å². The molecule has 0 aliphatic heterocycles. The van der Waals surface area contributed by atoms with Crippen molar-refractivity contribution in [2.24, 2.45) is 0 Å². The van der Waals surface area contributed by atoms with Crippen molar-refractivity contribution in [2.45, 2.75) is 52.6 Å². The average Bonchev–Trinajstić information content (AvgIpc) is 3.69. The molecule has 0 saturated carbocycles. The molecule has 2 heterocycles. The van der Waals surface area contributed by atoms with E-state index in [2.05, 4.69) is 10.9 Å². The highest BCUT2D eigenvalue weighted by Gasteiger charge is 2.31. The molecule has 4 rings (SSSR count). The summed E-state index contributed by atoms with van der Waals surface area (Å²) in [7, 11) is 0. The Balaban J connectivity index is 0.000000230. The number of carbonyl (C=O) groups is 4. The van der Waals surface area contributed by atoms with Crippen LogP contribution < -0.4 is 10.9 Å². The highest BCUT2D eigenvalue weighted by atomic mass is 32.1. The predicted molar refractivity (Wildman–Crippen MR) is 168 cm³/mol. The first-order chi connectivity index (χ1) is 19.8. The van der Waals surface area contributed by atoms with Crippen LogP contribution in [-0.2, 0) is 0 Å². The maximum atomic E-state index is 12.6. The van der Waals surface area contributed by atoms with Crippen LogP contribution in [0.25, 0.3) is 0 Å². The first kappa shape index (κ1) is 32.2. The van der Waals surface area contributed by atoms with E-state index in [1.165, 1.54) is 32.7 Å². The maximum absolute atomic E-state index is 12.6. The van der Waals surface area contributed by atoms with Crippen LogP contribution in [0.4, 0.5) is 0 Å². The van der Waals surface area contributed by atoms with Gasteiger partial charge in [-0.3, -0.25) is 30.0 Å². The Morgan fingerprint density at radius 2 is 1.07 bits per heavy atom. The number of amides is 4. The normalized spacial score (nSPS) is 11.0. The summed E-state index contributed by atoms with van der Waals surface area (Å²) in [5.41, 5.74) is 5.98. The zero-order valence-electron chi connectivity index (χ0n) is 24.6. The zero-order chi connectivity index (χ0) is 30.9. The van der Waals surface area contributed by atoms with Crippen LogP contribution in [0.1, 0.15) is 82.3 Å². The third kappa shape index (κ3) is 8.86. The van der Waals surface area contributed by atoms with Crippen molar-refractivity contribution in [3.63, 3.8) is 0 Å². The van der Waals surface area contributed by atoms with Crippen LogP contribution in [0.3, 0.4) is 0 Å². The minimum atomic E-state index is -0.529. The van der Waals surface area contributed by atoms with E-state index in [0.717, 1.165) is 0 Å². The number of nitrogens with one attached hydrogen (secondary N) is 2. The van der Waals surface area contributed by atoms with Gasteiger partial charge in [-0.1, -0.05) is 42.5 Å². The monoisotopic (exact) mass is 604 g/mol. The van der Waals surface area contributed by atoms with Crippen molar-refractivity contribution >= 4 is 46.3 Å². The molecule has 8 nitrogen and oxygen atoms in total. The van der Waals surface area contributed by atoms with Gasteiger partial charge in [-0.2, -0.15) is 11.3 Å². The lowest BCUT2D eigenvalue weighted by Crippen LogP contribution is -2.55. The number of hydrogen-bond donors (Lipinski definition) is 2. The van der Waals surface area contributed by atoms with Gasteiger partial charge in [0.1, 0.15) is 0 Å². The lowest BCUT2D eigenvalue weighted by molar-refractivity contribution is 0.0358. The van der Waals surface area contributed by atoms with Gasteiger partial charge in [-0.25, -0.2) is 10.0 Å². The summed E-state index contributed by atoms with van der Waals surface area (Å²) in [5.74, 6) is -1.01. The minimum absolute atomic E-state index is 0.207. The average molecular weight is 605 g/mol. The fourth-order valence-electron chi connectivity index (χ4n) is 3.58. The van der Waals surface area contributed by atoms with Gasteiger partial charge in [0.25, 0.3) is 23.6 Å². The van der Waals surface area contributed by atoms with Gasteiger partial charge >= 0.3 is 0 Å². The number of rotatable bonds is 4. The molecule has 0 bridgehead atoms. The highest BCUT2D eigenvalue weighted by molar-refractivity contribution is 7.12. The Bertz CT molecular complexity index is 1460. The minimum Gasteiger partial charge on any atom is -0.267 e. The van der Waals surface area contributed by atoms with Gasteiger partial charge in [0.15, 0.2) is 0 Å². The van der Waals surface area contributed by atoms with Crippen LogP contribution in [-0.4, -0.2) is 44.7 Å². The Kier molecular flexibility index (Phi) is 10.8. The van der Waals surface area contributed by atoms with E-state index in [9.17, 15) is 19.2 Å². The number of benzene rings is 2. The highest BCUT2D eigenvalue weighted by Crippen LogP contribution is 2.19. The summed E-state index contributed by atoms with van der Waals surface area (Å²) in [4.78, 5) is 50.2. The largest absolute Gasteiger partial charge is 0.282 e. The summed E-state index contributed by atoms with van der Waals surface area (Å²) in [6, 6.07) is 23.1. The molecule has 0 spiro atoms. The molecule has 0 fully saturated rings. The number of nitrogens with zero attached hydrogens (tertiary/aromatic N) is 2. The fourth-order valence-corrected chi connectivity index (χ4v) is 4.87. The van der Waals surface area contributed by atoms with Gasteiger partial charge in [-0.05, 0) is 88.7 Å². The van der Waals surface area contributed by atoms with Gasteiger partial charge in [0.05, 0.1) is 21.5 Å². The Morgan fingerprint density at radius 1 is 0.571 bits per heavy atom. The molecule has 4 aromatic rings. The lowest BCUT2D eigenvalue weighted by Gasteiger charge is -2.35.